The van der Waals surface area contributed by atoms with Gasteiger partial charge in [-0.05, 0) is 72.7 Å². The van der Waals surface area contributed by atoms with Crippen LogP contribution in [0.3, 0.4) is 0 Å². The molecule has 8 heteroatoms. The molecule has 39 heavy (non-hydrogen) atoms. The zero-order valence-corrected chi connectivity index (χ0v) is 21.8. The average molecular weight is 526 g/mol. The number of carbonyl (C=O) groups excluding carboxylic acids is 2. The molecule has 0 unspecified atom stereocenters. The molecule has 2 heterocycles. The minimum Gasteiger partial charge on any atom is -0.462 e. The van der Waals surface area contributed by atoms with Crippen molar-refractivity contribution in [1.82, 2.24) is 10.2 Å². The molecule has 1 N–H and O–H groups in total. The molecule has 0 radical (unpaired) electrons. The van der Waals surface area contributed by atoms with Gasteiger partial charge in [0.05, 0.1) is 17.1 Å². The first-order valence-electron chi connectivity index (χ1n) is 13.3. The van der Waals surface area contributed by atoms with Gasteiger partial charge in [0, 0.05) is 42.9 Å². The van der Waals surface area contributed by atoms with E-state index in [1.54, 1.807) is 13.0 Å². The Hall–Kier alpha value is -4.30. The van der Waals surface area contributed by atoms with Gasteiger partial charge in [-0.25, -0.2) is 4.79 Å². The van der Waals surface area contributed by atoms with Crippen LogP contribution in [-0.2, 0) is 11.3 Å². The molecule has 0 aliphatic carbocycles. The van der Waals surface area contributed by atoms with Crippen molar-refractivity contribution < 1.29 is 19.2 Å². The lowest BCUT2D eigenvalue weighted by molar-refractivity contribution is -0.384. The maximum absolute atomic E-state index is 13.0. The highest BCUT2D eigenvalue weighted by molar-refractivity contribution is 5.95. The summed E-state index contributed by atoms with van der Waals surface area (Å²) in [6.07, 6.45) is 2.86. The summed E-state index contributed by atoms with van der Waals surface area (Å²) in [6.45, 7) is 3.27. The summed E-state index contributed by atoms with van der Waals surface area (Å²) in [5.41, 5.74) is 5.33. The van der Waals surface area contributed by atoms with Crippen LogP contribution in [0, 0.1) is 10.1 Å². The lowest BCUT2D eigenvalue weighted by Crippen LogP contribution is -2.43. The molecule has 2 atom stereocenters. The predicted molar refractivity (Wildman–Crippen MR) is 148 cm³/mol. The number of nitro benzene ring substituents is 1. The van der Waals surface area contributed by atoms with Crippen molar-refractivity contribution in [3.63, 3.8) is 0 Å². The van der Waals surface area contributed by atoms with E-state index >= 15 is 0 Å². The number of rotatable bonds is 9. The van der Waals surface area contributed by atoms with Gasteiger partial charge in [0.15, 0.2) is 0 Å². The van der Waals surface area contributed by atoms with Crippen molar-refractivity contribution >= 4 is 23.1 Å². The van der Waals surface area contributed by atoms with Crippen LogP contribution in [0.15, 0.2) is 84.4 Å². The SMILES string of the molecule is CCOC(=O)c1cccc(C2=C(CNC(=O)c3ccc([N+](=O)[O-])cc3)[C@H]3CC[C@@H](C2)N3Cc2ccccc2)c1. The number of non-ortho nitro benzene ring substituents is 1. The summed E-state index contributed by atoms with van der Waals surface area (Å²) in [5.74, 6) is -0.635. The molecule has 2 aliphatic heterocycles. The number of fused-ring (bicyclic) bond motifs is 2. The zero-order valence-electron chi connectivity index (χ0n) is 21.8. The van der Waals surface area contributed by atoms with Crippen LogP contribution in [0.1, 0.15) is 58.0 Å². The second kappa shape index (κ2) is 11.6. The van der Waals surface area contributed by atoms with E-state index in [1.807, 2.05) is 24.3 Å². The Morgan fingerprint density at radius 1 is 1.00 bits per heavy atom. The largest absolute Gasteiger partial charge is 0.462 e. The number of hydrogen-bond donors (Lipinski definition) is 1. The molecule has 1 amide bonds. The maximum Gasteiger partial charge on any atom is 0.338 e. The third-order valence-corrected chi connectivity index (χ3v) is 7.58. The van der Waals surface area contributed by atoms with Gasteiger partial charge in [0.1, 0.15) is 0 Å². The number of nitro groups is 1. The van der Waals surface area contributed by atoms with E-state index in [-0.39, 0.29) is 23.6 Å². The van der Waals surface area contributed by atoms with Gasteiger partial charge in [-0.1, -0.05) is 42.5 Å². The quantitative estimate of drug-likeness (QED) is 0.228. The Balaban J connectivity index is 1.45. The molecule has 3 aromatic rings. The van der Waals surface area contributed by atoms with E-state index in [1.165, 1.54) is 29.8 Å². The fraction of sp³-hybridized carbons (Fsp3) is 0.290. The molecule has 8 nitrogen and oxygen atoms in total. The third-order valence-electron chi connectivity index (χ3n) is 7.58. The van der Waals surface area contributed by atoms with Crippen LogP contribution >= 0.6 is 0 Å². The van der Waals surface area contributed by atoms with Gasteiger partial charge in [-0.3, -0.25) is 19.8 Å². The Labute approximate surface area is 227 Å². The molecule has 0 spiro atoms. The first-order chi connectivity index (χ1) is 18.9. The minimum absolute atomic E-state index is 0.0566. The minimum atomic E-state index is -0.483. The fourth-order valence-electron chi connectivity index (χ4n) is 5.72. The van der Waals surface area contributed by atoms with Crippen molar-refractivity contribution in [2.75, 3.05) is 13.2 Å². The maximum atomic E-state index is 13.0. The second-order valence-corrected chi connectivity index (χ2v) is 9.90. The van der Waals surface area contributed by atoms with E-state index in [0.717, 1.165) is 42.5 Å². The van der Waals surface area contributed by atoms with E-state index in [0.29, 0.717) is 30.3 Å². The lowest BCUT2D eigenvalue weighted by Gasteiger charge is -2.38. The molecule has 5 rings (SSSR count). The molecular formula is C31H31N3O5. The van der Waals surface area contributed by atoms with Crippen molar-refractivity contribution in [3.8, 4) is 0 Å². The molecule has 2 aliphatic rings. The molecule has 0 aromatic heterocycles. The molecule has 1 fully saturated rings. The van der Waals surface area contributed by atoms with Gasteiger partial charge >= 0.3 is 5.97 Å². The van der Waals surface area contributed by atoms with Crippen LogP contribution in [0.25, 0.3) is 5.57 Å². The van der Waals surface area contributed by atoms with E-state index in [9.17, 15) is 19.7 Å². The van der Waals surface area contributed by atoms with Gasteiger partial charge in [-0.2, -0.15) is 0 Å². The second-order valence-electron chi connectivity index (χ2n) is 9.90. The summed E-state index contributed by atoms with van der Waals surface area (Å²) in [5, 5.41) is 14.0. The van der Waals surface area contributed by atoms with Crippen LogP contribution < -0.4 is 5.32 Å². The number of amides is 1. The molecule has 2 bridgehead atoms. The van der Waals surface area contributed by atoms with E-state index in [2.05, 4.69) is 34.5 Å². The number of hydrogen-bond acceptors (Lipinski definition) is 6. The molecular weight excluding hydrogens is 494 g/mol. The first kappa shape index (κ1) is 26.3. The van der Waals surface area contributed by atoms with Gasteiger partial charge in [0.25, 0.3) is 11.6 Å². The highest BCUT2D eigenvalue weighted by atomic mass is 16.6. The molecule has 3 aromatic carbocycles. The van der Waals surface area contributed by atoms with Gasteiger partial charge in [-0.15, -0.1) is 0 Å². The Morgan fingerprint density at radius 2 is 1.77 bits per heavy atom. The normalized spacial score (nSPS) is 18.6. The van der Waals surface area contributed by atoms with Gasteiger partial charge in [0.2, 0.25) is 0 Å². The molecule has 1 saturated heterocycles. The van der Waals surface area contributed by atoms with Crippen molar-refractivity contribution in [1.29, 1.82) is 0 Å². The monoisotopic (exact) mass is 525 g/mol. The predicted octanol–water partition coefficient (Wildman–Crippen LogP) is 5.39. The average Bonchev–Trinajstić information content (AvgIpc) is 3.23. The van der Waals surface area contributed by atoms with Crippen molar-refractivity contribution in [2.45, 2.75) is 44.8 Å². The highest BCUT2D eigenvalue weighted by Gasteiger charge is 2.41. The Kier molecular flexibility index (Phi) is 7.84. The van der Waals surface area contributed by atoms with E-state index < -0.39 is 4.92 Å². The van der Waals surface area contributed by atoms with Crippen LogP contribution in [-0.4, -0.2) is 46.9 Å². The van der Waals surface area contributed by atoms with E-state index in [4.69, 9.17) is 4.74 Å². The van der Waals surface area contributed by atoms with Crippen molar-refractivity contribution in [3.05, 3.63) is 117 Å². The number of nitrogens with zero attached hydrogens (tertiary/aromatic N) is 2. The molecule has 0 saturated carbocycles. The third kappa shape index (κ3) is 5.76. The summed E-state index contributed by atoms with van der Waals surface area (Å²) in [4.78, 5) is 38.5. The number of ether oxygens (including phenoxy) is 1. The lowest BCUT2D eigenvalue weighted by atomic mass is 9.87. The highest BCUT2D eigenvalue weighted by Crippen LogP contribution is 2.43. The van der Waals surface area contributed by atoms with Gasteiger partial charge < -0.3 is 10.1 Å². The number of nitrogens with one attached hydrogen (secondary N) is 1. The van der Waals surface area contributed by atoms with Crippen LogP contribution in [0.4, 0.5) is 5.69 Å². The summed E-state index contributed by atoms with van der Waals surface area (Å²) >= 11 is 0. The fourth-order valence-corrected chi connectivity index (χ4v) is 5.72. The number of carbonyl (C=O) groups is 2. The number of esters is 1. The standard InChI is InChI=1S/C31H31N3O5/c1-2-39-31(36)24-10-6-9-23(17-24)27-18-26-15-16-29(33(26)20-21-7-4-3-5-8-21)28(27)19-32-30(35)22-11-13-25(14-12-22)34(37)38/h3-14,17,26,29H,2,15-16,18-20H2,1H3,(H,32,35)/t26-,29+/m0/s1. The smallest absolute Gasteiger partial charge is 0.338 e. The van der Waals surface area contributed by atoms with Crippen LogP contribution in [0.2, 0.25) is 0 Å². The molecule has 200 valence electrons. The number of benzene rings is 3. The first-order valence-corrected chi connectivity index (χ1v) is 13.3. The summed E-state index contributed by atoms with van der Waals surface area (Å²) < 4.78 is 5.22. The Morgan fingerprint density at radius 3 is 2.49 bits per heavy atom. The Bertz CT molecular complexity index is 1400. The summed E-state index contributed by atoms with van der Waals surface area (Å²) in [7, 11) is 0. The van der Waals surface area contributed by atoms with Crippen LogP contribution in [0.5, 0.6) is 0 Å². The topological polar surface area (TPSA) is 102 Å². The van der Waals surface area contributed by atoms with Crippen molar-refractivity contribution in [2.24, 2.45) is 0 Å². The zero-order chi connectivity index (χ0) is 27.4. The summed E-state index contributed by atoms with van der Waals surface area (Å²) in [6, 6.07) is 24.1.